The van der Waals surface area contributed by atoms with E-state index in [1.54, 1.807) is 16.8 Å². The summed E-state index contributed by atoms with van der Waals surface area (Å²) in [4.78, 5) is 12.6. The van der Waals surface area contributed by atoms with E-state index in [1.165, 1.54) is 27.5 Å². The van der Waals surface area contributed by atoms with Crippen LogP contribution in [0.5, 0.6) is 17.2 Å². The van der Waals surface area contributed by atoms with Crippen LogP contribution in [0.1, 0.15) is 27.7 Å². The Hall–Kier alpha value is -4.06. The highest BCUT2D eigenvalue weighted by atomic mass is 16.5. The van der Waals surface area contributed by atoms with Gasteiger partial charge in [-0.1, -0.05) is 35.5 Å². The highest BCUT2D eigenvalue weighted by Crippen LogP contribution is 2.39. The number of nitrogens with one attached hydrogen (secondary N) is 1. The number of carbonyl (C=O) groups is 1. The molecule has 0 fully saturated rings. The molecule has 0 saturated heterocycles. The summed E-state index contributed by atoms with van der Waals surface area (Å²) in [6.45, 7) is 0.482. The number of hydrogen-bond donors (Lipinski definition) is 1. The van der Waals surface area contributed by atoms with Crippen LogP contribution in [0.25, 0.3) is 0 Å². The topological polar surface area (TPSA) is 111 Å². The van der Waals surface area contributed by atoms with Gasteiger partial charge in [-0.3, -0.25) is 4.79 Å². The summed E-state index contributed by atoms with van der Waals surface area (Å²) in [6, 6.07) is 14.0. The zero-order valence-corrected chi connectivity index (χ0v) is 16.8. The van der Waals surface area contributed by atoms with Gasteiger partial charge in [-0.15, -0.1) is 5.10 Å². The first-order chi connectivity index (χ1) is 14.6. The average Bonchev–Trinajstić information content (AvgIpc) is 3.25. The molecule has 3 rings (SSSR count). The number of methoxy groups -OCH3 is 3. The van der Waals surface area contributed by atoms with Crippen molar-refractivity contribution in [3.05, 3.63) is 65.5 Å². The lowest BCUT2D eigenvalue weighted by Crippen LogP contribution is -2.28. The van der Waals surface area contributed by atoms with E-state index < -0.39 is 11.9 Å². The molecule has 0 aliphatic heterocycles. The normalized spacial score (nSPS) is 11.3. The van der Waals surface area contributed by atoms with Gasteiger partial charge in [0.25, 0.3) is 5.91 Å². The summed E-state index contributed by atoms with van der Waals surface area (Å²) in [5.41, 5.74) is 1.62. The van der Waals surface area contributed by atoms with Gasteiger partial charge >= 0.3 is 0 Å². The van der Waals surface area contributed by atoms with Gasteiger partial charge in [0.05, 0.1) is 40.1 Å². The molecular weight excluding hydrogens is 386 g/mol. The lowest BCUT2D eigenvalue weighted by molar-refractivity contribution is 0.0940. The fourth-order valence-electron chi connectivity index (χ4n) is 2.91. The molecule has 0 aliphatic carbocycles. The van der Waals surface area contributed by atoms with Gasteiger partial charge in [-0.2, -0.15) is 5.26 Å². The predicted molar refractivity (Wildman–Crippen MR) is 107 cm³/mol. The van der Waals surface area contributed by atoms with Crippen LogP contribution in [-0.2, 0) is 6.54 Å². The van der Waals surface area contributed by atoms with E-state index in [2.05, 4.69) is 21.7 Å². The Balaban J connectivity index is 1.78. The van der Waals surface area contributed by atoms with E-state index in [4.69, 9.17) is 14.2 Å². The molecule has 1 atom stereocenters. The Kier molecular flexibility index (Phi) is 6.49. The molecular formula is C21H21N5O4. The summed E-state index contributed by atoms with van der Waals surface area (Å²) in [7, 11) is 4.44. The zero-order chi connectivity index (χ0) is 21.5. The Morgan fingerprint density at radius 1 is 1.13 bits per heavy atom. The predicted octanol–water partition coefficient (Wildman–Crippen LogP) is 2.35. The number of carbonyl (C=O) groups excluding carboxylic acids is 1. The van der Waals surface area contributed by atoms with Crippen LogP contribution in [-0.4, -0.2) is 42.2 Å². The van der Waals surface area contributed by atoms with Crippen molar-refractivity contribution < 1.29 is 19.0 Å². The summed E-state index contributed by atoms with van der Waals surface area (Å²) in [5, 5.41) is 20.2. The standard InChI is InChI=1S/C21H21N5O4/c1-28-18-9-15(10-19(29-2)20(18)30-3)16(11-22)23-21(27)17-13-26(25-24-17)12-14-7-5-4-6-8-14/h4-10,13,16H,12H2,1-3H3,(H,23,27). The minimum atomic E-state index is -0.953. The first-order valence-electron chi connectivity index (χ1n) is 9.04. The van der Waals surface area contributed by atoms with Gasteiger partial charge in [-0.05, 0) is 23.3 Å². The van der Waals surface area contributed by atoms with Crippen molar-refractivity contribution in [2.45, 2.75) is 12.6 Å². The number of aromatic nitrogens is 3. The van der Waals surface area contributed by atoms with Crippen molar-refractivity contribution in [3.8, 4) is 23.3 Å². The van der Waals surface area contributed by atoms with E-state index in [1.807, 2.05) is 30.3 Å². The monoisotopic (exact) mass is 407 g/mol. The summed E-state index contributed by atoms with van der Waals surface area (Å²) in [5.74, 6) is 0.649. The maximum atomic E-state index is 12.6. The average molecular weight is 407 g/mol. The third kappa shape index (κ3) is 4.50. The molecule has 9 heteroatoms. The van der Waals surface area contributed by atoms with Crippen LogP contribution in [0.3, 0.4) is 0 Å². The van der Waals surface area contributed by atoms with Crippen LogP contribution >= 0.6 is 0 Å². The van der Waals surface area contributed by atoms with Crippen molar-refractivity contribution in [2.24, 2.45) is 0 Å². The van der Waals surface area contributed by atoms with Crippen LogP contribution < -0.4 is 19.5 Å². The molecule has 0 bridgehead atoms. The molecule has 30 heavy (non-hydrogen) atoms. The maximum absolute atomic E-state index is 12.6. The molecule has 2 aromatic carbocycles. The van der Waals surface area contributed by atoms with Crippen LogP contribution in [0, 0.1) is 11.3 Å². The van der Waals surface area contributed by atoms with E-state index in [9.17, 15) is 10.1 Å². The second-order valence-corrected chi connectivity index (χ2v) is 6.28. The van der Waals surface area contributed by atoms with Crippen LogP contribution in [0.4, 0.5) is 0 Å². The first-order valence-corrected chi connectivity index (χ1v) is 9.04. The highest BCUT2D eigenvalue weighted by molar-refractivity contribution is 5.92. The zero-order valence-electron chi connectivity index (χ0n) is 16.8. The van der Waals surface area contributed by atoms with Crippen LogP contribution in [0.2, 0.25) is 0 Å². The minimum absolute atomic E-state index is 0.110. The number of ether oxygens (including phenoxy) is 3. The van der Waals surface area contributed by atoms with Crippen molar-refractivity contribution in [1.82, 2.24) is 20.3 Å². The Morgan fingerprint density at radius 2 is 1.80 bits per heavy atom. The van der Waals surface area contributed by atoms with Crippen molar-refractivity contribution >= 4 is 5.91 Å². The van der Waals surface area contributed by atoms with Gasteiger partial charge in [0, 0.05) is 0 Å². The molecule has 9 nitrogen and oxygen atoms in total. The summed E-state index contributed by atoms with van der Waals surface area (Å²) >= 11 is 0. The largest absolute Gasteiger partial charge is 0.493 e. The van der Waals surface area contributed by atoms with E-state index in [0.717, 1.165) is 5.56 Å². The summed E-state index contributed by atoms with van der Waals surface area (Å²) < 4.78 is 17.5. The number of nitrogens with zero attached hydrogens (tertiary/aromatic N) is 4. The summed E-state index contributed by atoms with van der Waals surface area (Å²) in [6.07, 6.45) is 1.53. The van der Waals surface area contributed by atoms with Crippen molar-refractivity contribution in [3.63, 3.8) is 0 Å². The molecule has 1 heterocycles. The van der Waals surface area contributed by atoms with Gasteiger partial charge < -0.3 is 19.5 Å². The number of amides is 1. The molecule has 0 spiro atoms. The number of benzene rings is 2. The van der Waals surface area contributed by atoms with E-state index in [-0.39, 0.29) is 5.69 Å². The lowest BCUT2D eigenvalue weighted by atomic mass is 10.1. The second-order valence-electron chi connectivity index (χ2n) is 6.28. The Bertz CT molecular complexity index is 1030. The van der Waals surface area contributed by atoms with Crippen molar-refractivity contribution in [2.75, 3.05) is 21.3 Å². The van der Waals surface area contributed by atoms with Gasteiger partial charge in [0.15, 0.2) is 17.2 Å². The molecule has 1 aromatic heterocycles. The van der Waals surface area contributed by atoms with Gasteiger partial charge in [0.2, 0.25) is 5.75 Å². The Morgan fingerprint density at radius 3 is 2.37 bits per heavy atom. The smallest absolute Gasteiger partial charge is 0.274 e. The number of nitriles is 1. The van der Waals surface area contributed by atoms with Gasteiger partial charge in [0.1, 0.15) is 6.04 Å². The fraction of sp³-hybridized carbons (Fsp3) is 0.238. The lowest BCUT2D eigenvalue weighted by Gasteiger charge is -2.17. The number of rotatable bonds is 8. The molecule has 3 aromatic rings. The second kappa shape index (κ2) is 9.43. The van der Waals surface area contributed by atoms with Crippen LogP contribution in [0.15, 0.2) is 48.7 Å². The third-order valence-electron chi connectivity index (χ3n) is 4.38. The molecule has 154 valence electrons. The minimum Gasteiger partial charge on any atom is -0.493 e. The van der Waals surface area contributed by atoms with Crippen molar-refractivity contribution in [1.29, 1.82) is 5.26 Å². The maximum Gasteiger partial charge on any atom is 0.274 e. The molecule has 0 saturated carbocycles. The SMILES string of the molecule is COc1cc(C(C#N)NC(=O)c2cn(Cc3ccccc3)nn2)cc(OC)c1OC. The molecule has 1 unspecified atom stereocenters. The fourth-order valence-corrected chi connectivity index (χ4v) is 2.91. The highest BCUT2D eigenvalue weighted by Gasteiger charge is 2.22. The molecule has 1 N–H and O–H groups in total. The molecule has 0 aliphatic rings. The van der Waals surface area contributed by atoms with E-state index >= 15 is 0 Å². The quantitative estimate of drug-likeness (QED) is 0.610. The van der Waals surface area contributed by atoms with Gasteiger partial charge in [-0.25, -0.2) is 4.68 Å². The molecule has 1 amide bonds. The molecule has 0 radical (unpaired) electrons. The Labute approximate surface area is 173 Å². The first kappa shape index (κ1) is 20.7. The number of hydrogen-bond acceptors (Lipinski definition) is 7. The third-order valence-corrected chi connectivity index (χ3v) is 4.38. The van der Waals surface area contributed by atoms with E-state index in [0.29, 0.717) is 29.4 Å².